The Bertz CT molecular complexity index is 748. The van der Waals surface area contributed by atoms with Gasteiger partial charge in [-0.15, -0.1) is 0 Å². The van der Waals surface area contributed by atoms with Gasteiger partial charge in [-0.25, -0.2) is 9.97 Å². The maximum atomic E-state index is 5.94. The van der Waals surface area contributed by atoms with E-state index in [0.717, 1.165) is 36.1 Å². The van der Waals surface area contributed by atoms with Crippen LogP contribution in [0.4, 0.5) is 0 Å². The van der Waals surface area contributed by atoms with Gasteiger partial charge in [0.2, 0.25) is 0 Å². The molecule has 0 bridgehead atoms. The first-order chi connectivity index (χ1) is 16.3. The Morgan fingerprint density at radius 1 is 0.727 bits per heavy atom. The number of benzene rings is 1. The molecule has 0 atom stereocenters. The average molecular weight is 451 g/mol. The maximum absolute atomic E-state index is 5.94. The standard InChI is InChI=1S/C30H46N2O/c1-3-5-6-7-8-9-10-11-12-13-22-33-29-20-18-27(19-21-29)30-31-23-28(24-32-30)26-16-14-25(4-2)15-17-26/h18-21,23-26H,3-17,22H2,1-2H3. The summed E-state index contributed by atoms with van der Waals surface area (Å²) in [7, 11) is 0. The van der Waals surface area contributed by atoms with E-state index in [1.807, 2.05) is 0 Å². The molecule has 0 radical (unpaired) electrons. The number of rotatable bonds is 15. The molecule has 1 heterocycles. The van der Waals surface area contributed by atoms with Crippen LogP contribution in [0.25, 0.3) is 11.4 Å². The monoisotopic (exact) mass is 450 g/mol. The van der Waals surface area contributed by atoms with E-state index < -0.39 is 0 Å². The van der Waals surface area contributed by atoms with Crippen LogP contribution in [0, 0.1) is 5.92 Å². The van der Waals surface area contributed by atoms with E-state index in [2.05, 4.69) is 60.5 Å². The van der Waals surface area contributed by atoms with Crippen LogP contribution in [0.2, 0.25) is 0 Å². The first-order valence-corrected chi connectivity index (χ1v) is 13.8. The van der Waals surface area contributed by atoms with Crippen molar-refractivity contribution in [2.45, 2.75) is 116 Å². The van der Waals surface area contributed by atoms with Gasteiger partial charge in [-0.1, -0.05) is 78.1 Å². The second kappa shape index (κ2) is 15.1. The smallest absolute Gasteiger partial charge is 0.159 e. The Morgan fingerprint density at radius 3 is 1.88 bits per heavy atom. The summed E-state index contributed by atoms with van der Waals surface area (Å²) in [5.41, 5.74) is 2.37. The molecule has 3 nitrogen and oxygen atoms in total. The highest BCUT2D eigenvalue weighted by atomic mass is 16.5. The number of ether oxygens (including phenoxy) is 1. The molecule has 182 valence electrons. The van der Waals surface area contributed by atoms with E-state index >= 15 is 0 Å². The van der Waals surface area contributed by atoms with E-state index in [0.29, 0.717) is 5.92 Å². The molecule has 0 unspecified atom stereocenters. The summed E-state index contributed by atoms with van der Waals surface area (Å²) >= 11 is 0. The number of hydrogen-bond acceptors (Lipinski definition) is 3. The lowest BCUT2D eigenvalue weighted by molar-refractivity contribution is 0.304. The number of nitrogens with zero attached hydrogens (tertiary/aromatic N) is 2. The lowest BCUT2D eigenvalue weighted by atomic mass is 9.78. The maximum Gasteiger partial charge on any atom is 0.159 e. The Kier molecular flexibility index (Phi) is 11.8. The van der Waals surface area contributed by atoms with Gasteiger partial charge in [0.15, 0.2) is 5.82 Å². The SMILES string of the molecule is CCCCCCCCCCCCOc1ccc(-c2ncc(C3CCC(CC)CC3)cn2)cc1. The largest absolute Gasteiger partial charge is 0.494 e. The minimum atomic E-state index is 0.642. The zero-order valence-electron chi connectivity index (χ0n) is 21.2. The molecule has 1 aliphatic rings. The Morgan fingerprint density at radius 2 is 1.30 bits per heavy atom. The summed E-state index contributed by atoms with van der Waals surface area (Å²) in [6, 6.07) is 8.26. The van der Waals surface area contributed by atoms with Crippen molar-refractivity contribution < 1.29 is 4.74 Å². The molecule has 1 aliphatic carbocycles. The van der Waals surface area contributed by atoms with E-state index in [1.54, 1.807) is 0 Å². The van der Waals surface area contributed by atoms with E-state index in [1.165, 1.54) is 95.5 Å². The van der Waals surface area contributed by atoms with E-state index in [9.17, 15) is 0 Å². The molecule has 33 heavy (non-hydrogen) atoms. The number of hydrogen-bond donors (Lipinski definition) is 0. The van der Waals surface area contributed by atoms with Gasteiger partial charge in [0, 0.05) is 18.0 Å². The third-order valence-electron chi connectivity index (χ3n) is 7.45. The van der Waals surface area contributed by atoms with Gasteiger partial charge in [-0.3, -0.25) is 0 Å². The first kappa shape index (κ1) is 25.7. The molecule has 1 aromatic carbocycles. The Hall–Kier alpha value is -1.90. The van der Waals surface area contributed by atoms with Crippen molar-refractivity contribution in [1.82, 2.24) is 9.97 Å². The highest BCUT2D eigenvalue weighted by Crippen LogP contribution is 2.36. The van der Waals surface area contributed by atoms with Crippen molar-refractivity contribution in [3.8, 4) is 17.1 Å². The normalized spacial score (nSPS) is 18.4. The van der Waals surface area contributed by atoms with Crippen molar-refractivity contribution in [3.63, 3.8) is 0 Å². The molecule has 0 spiro atoms. The van der Waals surface area contributed by atoms with Crippen molar-refractivity contribution >= 4 is 0 Å². The first-order valence-electron chi connectivity index (χ1n) is 13.8. The average Bonchev–Trinajstić information content (AvgIpc) is 2.88. The fraction of sp³-hybridized carbons (Fsp3) is 0.667. The summed E-state index contributed by atoms with van der Waals surface area (Å²) in [6.07, 6.45) is 24.2. The molecule has 2 aromatic rings. The van der Waals surface area contributed by atoms with Gasteiger partial charge in [-0.2, -0.15) is 0 Å². The molecule has 0 saturated heterocycles. The summed E-state index contributed by atoms with van der Waals surface area (Å²) in [5.74, 6) is 3.32. The molecule has 3 rings (SSSR count). The van der Waals surface area contributed by atoms with Gasteiger partial charge in [0.05, 0.1) is 6.61 Å². The van der Waals surface area contributed by atoms with Crippen LogP contribution in [0.3, 0.4) is 0 Å². The van der Waals surface area contributed by atoms with Crippen LogP contribution in [0.15, 0.2) is 36.7 Å². The lowest BCUT2D eigenvalue weighted by Gasteiger charge is -2.27. The number of unbranched alkanes of at least 4 members (excludes halogenated alkanes) is 9. The van der Waals surface area contributed by atoms with E-state index in [4.69, 9.17) is 4.74 Å². The topological polar surface area (TPSA) is 35.0 Å². The lowest BCUT2D eigenvalue weighted by Crippen LogP contribution is -2.13. The van der Waals surface area contributed by atoms with Gasteiger partial charge in [0.25, 0.3) is 0 Å². The minimum Gasteiger partial charge on any atom is -0.494 e. The second-order valence-electron chi connectivity index (χ2n) is 10.0. The van der Waals surface area contributed by atoms with Gasteiger partial charge in [-0.05, 0) is 73.8 Å². The van der Waals surface area contributed by atoms with Crippen molar-refractivity contribution in [2.24, 2.45) is 5.92 Å². The summed E-state index contributed by atoms with van der Waals surface area (Å²) in [4.78, 5) is 9.35. The molecule has 0 N–H and O–H groups in total. The molecule has 0 amide bonds. The van der Waals surface area contributed by atoms with Crippen molar-refractivity contribution in [1.29, 1.82) is 0 Å². The zero-order valence-corrected chi connectivity index (χ0v) is 21.2. The highest BCUT2D eigenvalue weighted by molar-refractivity contribution is 5.56. The third kappa shape index (κ3) is 9.10. The van der Waals surface area contributed by atoms with Crippen LogP contribution in [-0.2, 0) is 0 Å². The van der Waals surface area contributed by atoms with Crippen LogP contribution in [-0.4, -0.2) is 16.6 Å². The van der Waals surface area contributed by atoms with Gasteiger partial charge >= 0.3 is 0 Å². The molecule has 1 saturated carbocycles. The quantitative estimate of drug-likeness (QED) is 0.254. The van der Waals surface area contributed by atoms with Gasteiger partial charge < -0.3 is 4.74 Å². The second-order valence-corrected chi connectivity index (χ2v) is 10.0. The molecular weight excluding hydrogens is 404 g/mol. The predicted octanol–water partition coefficient (Wildman–Crippen LogP) is 9.13. The number of aromatic nitrogens is 2. The van der Waals surface area contributed by atoms with Gasteiger partial charge in [0.1, 0.15) is 5.75 Å². The Labute approximate surface area is 202 Å². The van der Waals surface area contributed by atoms with Crippen LogP contribution < -0.4 is 4.74 Å². The molecule has 0 aliphatic heterocycles. The van der Waals surface area contributed by atoms with Crippen LogP contribution >= 0.6 is 0 Å². The molecule has 1 fully saturated rings. The predicted molar refractivity (Wildman–Crippen MR) is 140 cm³/mol. The fourth-order valence-corrected chi connectivity index (χ4v) is 5.08. The zero-order chi connectivity index (χ0) is 23.1. The Balaban J connectivity index is 1.31. The molecular formula is C30H46N2O. The molecule has 1 aromatic heterocycles. The summed E-state index contributed by atoms with van der Waals surface area (Å²) in [5, 5.41) is 0. The summed E-state index contributed by atoms with van der Waals surface area (Å²) in [6.45, 7) is 5.40. The third-order valence-corrected chi connectivity index (χ3v) is 7.45. The molecule has 3 heteroatoms. The highest BCUT2D eigenvalue weighted by Gasteiger charge is 2.21. The van der Waals surface area contributed by atoms with Crippen molar-refractivity contribution in [2.75, 3.05) is 6.61 Å². The minimum absolute atomic E-state index is 0.642. The van der Waals surface area contributed by atoms with Crippen LogP contribution in [0.5, 0.6) is 5.75 Å². The van der Waals surface area contributed by atoms with Crippen LogP contribution in [0.1, 0.15) is 122 Å². The van der Waals surface area contributed by atoms with E-state index in [-0.39, 0.29) is 0 Å². The van der Waals surface area contributed by atoms with Crippen molar-refractivity contribution in [3.05, 3.63) is 42.2 Å². The fourth-order valence-electron chi connectivity index (χ4n) is 5.08. The summed E-state index contributed by atoms with van der Waals surface area (Å²) < 4.78 is 5.94.